The van der Waals surface area contributed by atoms with Crippen molar-refractivity contribution in [2.24, 2.45) is 0 Å². The maximum Gasteiger partial charge on any atom is 0.262 e. The number of allylic oxidation sites excluding steroid dienone is 1. The zero-order valence-electron chi connectivity index (χ0n) is 17.4. The van der Waals surface area contributed by atoms with Gasteiger partial charge in [-0.05, 0) is 68.5 Å². The number of benzene rings is 2. The highest BCUT2D eigenvalue weighted by atomic mass is 16.5. The van der Waals surface area contributed by atoms with Gasteiger partial charge >= 0.3 is 0 Å². The van der Waals surface area contributed by atoms with E-state index in [2.05, 4.69) is 32.2 Å². The number of hydrogen-bond donors (Lipinski definition) is 1. The van der Waals surface area contributed by atoms with Gasteiger partial charge in [0.1, 0.15) is 17.1 Å². The van der Waals surface area contributed by atoms with Gasteiger partial charge in [-0.25, -0.2) is 0 Å². The predicted octanol–water partition coefficient (Wildman–Crippen LogP) is 5.40. The molecule has 4 nitrogen and oxygen atoms in total. The Bertz CT molecular complexity index is 890. The summed E-state index contributed by atoms with van der Waals surface area (Å²) in [5.74, 6) is 1.25. The van der Waals surface area contributed by atoms with Gasteiger partial charge in [0.15, 0.2) is 6.61 Å². The normalized spacial score (nSPS) is 14.5. The first-order chi connectivity index (χ1) is 13.3. The summed E-state index contributed by atoms with van der Waals surface area (Å²) in [5.41, 5.74) is 5.07. The number of anilines is 1. The molecule has 0 spiro atoms. The molecule has 0 fully saturated rings. The molecular formula is C24H29NO3. The van der Waals surface area contributed by atoms with E-state index < -0.39 is 0 Å². The van der Waals surface area contributed by atoms with Gasteiger partial charge in [0, 0.05) is 17.3 Å². The first-order valence-electron chi connectivity index (χ1n) is 9.89. The molecule has 2 aromatic carbocycles. The van der Waals surface area contributed by atoms with E-state index in [4.69, 9.17) is 9.47 Å². The lowest BCUT2D eigenvalue weighted by Crippen LogP contribution is -2.28. The van der Waals surface area contributed by atoms with Crippen molar-refractivity contribution in [1.29, 1.82) is 0 Å². The van der Waals surface area contributed by atoms with Crippen LogP contribution in [-0.2, 0) is 17.6 Å². The molecule has 1 aliphatic heterocycles. The predicted molar refractivity (Wildman–Crippen MR) is 114 cm³/mol. The molecule has 0 saturated heterocycles. The quantitative estimate of drug-likeness (QED) is 0.731. The van der Waals surface area contributed by atoms with Gasteiger partial charge in [-0.1, -0.05) is 32.0 Å². The van der Waals surface area contributed by atoms with Gasteiger partial charge in [0.25, 0.3) is 5.91 Å². The van der Waals surface area contributed by atoms with E-state index in [0.29, 0.717) is 5.75 Å². The third-order valence-electron chi connectivity index (χ3n) is 4.95. The van der Waals surface area contributed by atoms with Crippen LogP contribution in [0.15, 0.2) is 42.5 Å². The van der Waals surface area contributed by atoms with Crippen molar-refractivity contribution in [3.05, 3.63) is 59.2 Å². The summed E-state index contributed by atoms with van der Waals surface area (Å²) in [4.78, 5) is 12.5. The van der Waals surface area contributed by atoms with Crippen molar-refractivity contribution in [1.82, 2.24) is 0 Å². The highest BCUT2D eigenvalue weighted by Crippen LogP contribution is 2.38. The Kier molecular flexibility index (Phi) is 5.78. The summed E-state index contributed by atoms with van der Waals surface area (Å²) in [6, 6.07) is 11.9. The molecule has 4 heteroatoms. The molecule has 0 bridgehead atoms. The zero-order chi connectivity index (χ0) is 20.3. The van der Waals surface area contributed by atoms with E-state index in [1.165, 1.54) is 5.57 Å². The Morgan fingerprint density at radius 2 is 1.79 bits per heavy atom. The number of amides is 1. The van der Waals surface area contributed by atoms with Crippen LogP contribution in [0.4, 0.5) is 5.69 Å². The van der Waals surface area contributed by atoms with Crippen LogP contribution in [0.5, 0.6) is 11.5 Å². The summed E-state index contributed by atoms with van der Waals surface area (Å²) in [6.45, 7) is 10.3. The first kappa shape index (κ1) is 20.0. The van der Waals surface area contributed by atoms with Crippen LogP contribution < -0.4 is 14.8 Å². The molecule has 2 aromatic rings. The Balaban J connectivity index is 1.69. The Hall–Kier alpha value is -2.75. The number of carbonyl (C=O) groups is 1. The van der Waals surface area contributed by atoms with Gasteiger partial charge in [-0.3, -0.25) is 4.79 Å². The number of hydrogen-bond acceptors (Lipinski definition) is 3. The molecule has 0 saturated carbocycles. The minimum absolute atomic E-state index is 0.0434. The van der Waals surface area contributed by atoms with Crippen LogP contribution in [0, 0.1) is 0 Å². The molecule has 1 heterocycles. The SMILES string of the molecule is CCc1cccc(CC)c1NC(=O)COc1ccc2c(c1)OC(C)(C)C=C2C. The fourth-order valence-electron chi connectivity index (χ4n) is 3.64. The summed E-state index contributed by atoms with van der Waals surface area (Å²) in [5, 5.41) is 3.03. The number of fused-ring (bicyclic) bond motifs is 1. The van der Waals surface area contributed by atoms with E-state index in [0.717, 1.165) is 41.0 Å². The molecule has 0 aliphatic carbocycles. The van der Waals surface area contributed by atoms with Crippen LogP contribution >= 0.6 is 0 Å². The standard InChI is InChI=1S/C24H29NO3/c1-6-17-9-8-10-18(7-2)23(17)25-22(26)15-27-19-11-12-20-16(3)14-24(4,5)28-21(20)13-19/h8-14H,6-7,15H2,1-5H3,(H,25,26). The lowest BCUT2D eigenvalue weighted by Gasteiger charge is -2.30. The summed E-state index contributed by atoms with van der Waals surface area (Å²) >= 11 is 0. The van der Waals surface area contributed by atoms with Crippen LogP contribution in [0.1, 0.15) is 51.3 Å². The molecule has 3 rings (SSSR count). The minimum atomic E-state index is -0.354. The third-order valence-corrected chi connectivity index (χ3v) is 4.95. The number of para-hydroxylation sites is 1. The van der Waals surface area contributed by atoms with Gasteiger partial charge in [-0.2, -0.15) is 0 Å². The molecule has 0 atom stereocenters. The van der Waals surface area contributed by atoms with Crippen molar-refractivity contribution < 1.29 is 14.3 Å². The van der Waals surface area contributed by atoms with Gasteiger partial charge < -0.3 is 14.8 Å². The van der Waals surface area contributed by atoms with E-state index in [1.54, 1.807) is 0 Å². The summed E-state index contributed by atoms with van der Waals surface area (Å²) < 4.78 is 11.8. The lowest BCUT2D eigenvalue weighted by molar-refractivity contribution is -0.118. The van der Waals surface area contributed by atoms with Crippen LogP contribution in [0.25, 0.3) is 5.57 Å². The van der Waals surface area contributed by atoms with Crippen LogP contribution in [-0.4, -0.2) is 18.1 Å². The summed E-state index contributed by atoms with van der Waals surface area (Å²) in [6.07, 6.45) is 3.85. The molecule has 0 unspecified atom stereocenters. The molecule has 0 radical (unpaired) electrons. The average molecular weight is 380 g/mol. The first-order valence-corrected chi connectivity index (χ1v) is 9.89. The zero-order valence-corrected chi connectivity index (χ0v) is 17.4. The van der Waals surface area contributed by atoms with Crippen molar-refractivity contribution in [3.8, 4) is 11.5 Å². The number of carbonyl (C=O) groups excluding carboxylic acids is 1. The average Bonchev–Trinajstić information content (AvgIpc) is 2.65. The summed E-state index contributed by atoms with van der Waals surface area (Å²) in [7, 11) is 0. The highest BCUT2D eigenvalue weighted by Gasteiger charge is 2.25. The molecule has 1 amide bonds. The lowest BCUT2D eigenvalue weighted by atomic mass is 9.96. The number of rotatable bonds is 6. The molecule has 148 valence electrons. The third kappa shape index (κ3) is 4.38. The molecule has 0 aromatic heterocycles. The number of nitrogens with one attached hydrogen (secondary N) is 1. The van der Waals surface area contributed by atoms with Gasteiger partial charge in [-0.15, -0.1) is 0 Å². The smallest absolute Gasteiger partial charge is 0.262 e. The Morgan fingerprint density at radius 3 is 2.43 bits per heavy atom. The topological polar surface area (TPSA) is 47.6 Å². The number of aryl methyl sites for hydroxylation is 2. The van der Waals surface area contributed by atoms with E-state index in [9.17, 15) is 4.79 Å². The van der Waals surface area contributed by atoms with Crippen molar-refractivity contribution in [2.45, 2.75) is 53.1 Å². The second-order valence-corrected chi connectivity index (χ2v) is 7.69. The van der Waals surface area contributed by atoms with Gasteiger partial charge in [0.2, 0.25) is 0 Å². The molecule has 28 heavy (non-hydrogen) atoms. The molecule has 1 N–H and O–H groups in total. The van der Waals surface area contributed by atoms with Crippen LogP contribution in [0.2, 0.25) is 0 Å². The monoisotopic (exact) mass is 379 g/mol. The number of ether oxygens (including phenoxy) is 2. The van der Waals surface area contributed by atoms with Crippen molar-refractivity contribution >= 4 is 17.2 Å². The Morgan fingerprint density at radius 1 is 1.11 bits per heavy atom. The van der Waals surface area contributed by atoms with E-state index >= 15 is 0 Å². The van der Waals surface area contributed by atoms with Gasteiger partial charge in [0.05, 0.1) is 0 Å². The molecule has 1 aliphatic rings. The van der Waals surface area contributed by atoms with E-state index in [-0.39, 0.29) is 18.1 Å². The fraction of sp³-hybridized carbons (Fsp3) is 0.375. The maximum atomic E-state index is 12.5. The minimum Gasteiger partial charge on any atom is -0.484 e. The van der Waals surface area contributed by atoms with Crippen molar-refractivity contribution in [2.75, 3.05) is 11.9 Å². The largest absolute Gasteiger partial charge is 0.484 e. The van der Waals surface area contributed by atoms with E-state index in [1.807, 2.05) is 50.2 Å². The highest BCUT2D eigenvalue weighted by molar-refractivity contribution is 5.93. The molecular weight excluding hydrogens is 350 g/mol. The van der Waals surface area contributed by atoms with Crippen molar-refractivity contribution in [3.63, 3.8) is 0 Å². The van der Waals surface area contributed by atoms with Crippen LogP contribution in [0.3, 0.4) is 0 Å². The fourth-order valence-corrected chi connectivity index (χ4v) is 3.64. The Labute approximate surface area is 167 Å². The maximum absolute atomic E-state index is 12.5. The second-order valence-electron chi connectivity index (χ2n) is 7.69. The second kappa shape index (κ2) is 8.09.